The number of aliphatic hydroxyl groups excluding tert-OH is 1. The third kappa shape index (κ3) is 7.51. The first-order valence-corrected chi connectivity index (χ1v) is 10.5. The molecule has 1 unspecified atom stereocenters. The zero-order valence-electron chi connectivity index (χ0n) is 15.3. The Balaban J connectivity index is 1.93. The Morgan fingerprint density at radius 3 is 2.64 bits per heavy atom. The van der Waals surface area contributed by atoms with Crippen LogP contribution < -0.4 is 4.74 Å². The first-order valence-electron chi connectivity index (χ1n) is 8.57. The third-order valence-electron chi connectivity index (χ3n) is 3.86. The molecule has 0 spiro atoms. The lowest BCUT2D eigenvalue weighted by molar-refractivity contribution is -0.142. The summed E-state index contributed by atoms with van der Waals surface area (Å²) >= 11 is 13.9. The highest BCUT2D eigenvalue weighted by Crippen LogP contribution is 2.32. The van der Waals surface area contributed by atoms with E-state index >= 15 is 0 Å². The molecule has 152 valence electrons. The number of aliphatic hydroxyl groups is 1. The van der Waals surface area contributed by atoms with Gasteiger partial charge in [0, 0.05) is 21.4 Å². The average Bonchev–Trinajstić information content (AvgIpc) is 2.65. The minimum atomic E-state index is -0.757. The van der Waals surface area contributed by atoms with Gasteiger partial charge in [-0.05, 0) is 42.0 Å². The van der Waals surface area contributed by atoms with Gasteiger partial charge in [-0.25, -0.2) is 4.39 Å². The van der Waals surface area contributed by atoms with Crippen LogP contribution in [0.1, 0.15) is 17.5 Å². The van der Waals surface area contributed by atoms with Crippen LogP contribution in [-0.2, 0) is 22.6 Å². The summed E-state index contributed by atoms with van der Waals surface area (Å²) in [5.74, 6) is 0.906. The average molecular weight is 447 g/mol. The second kappa shape index (κ2) is 11.5. The molecule has 0 saturated heterocycles. The Bertz CT molecular complexity index is 787. The fourth-order valence-corrected chi connectivity index (χ4v) is 3.90. The van der Waals surface area contributed by atoms with E-state index in [1.807, 2.05) is 0 Å². The topological polar surface area (TPSA) is 55.8 Å². The molecule has 28 heavy (non-hydrogen) atoms. The zero-order valence-corrected chi connectivity index (χ0v) is 17.6. The zero-order chi connectivity index (χ0) is 20.5. The number of carbonyl (C=O) groups excluding carboxylic acids is 1. The molecule has 0 amide bonds. The van der Waals surface area contributed by atoms with E-state index in [9.17, 15) is 14.3 Å². The number of methoxy groups -OCH3 is 1. The van der Waals surface area contributed by atoms with Crippen molar-refractivity contribution in [3.8, 4) is 5.75 Å². The molecular formula is C20H21Cl2FO4S. The largest absolute Gasteiger partial charge is 0.489 e. The number of hydrogen-bond acceptors (Lipinski definition) is 5. The lowest BCUT2D eigenvalue weighted by Crippen LogP contribution is -2.17. The van der Waals surface area contributed by atoms with Crippen molar-refractivity contribution in [3.05, 3.63) is 63.4 Å². The molecule has 0 bridgehead atoms. The van der Waals surface area contributed by atoms with Gasteiger partial charge in [-0.2, -0.15) is 11.8 Å². The van der Waals surface area contributed by atoms with E-state index in [-0.39, 0.29) is 18.8 Å². The highest BCUT2D eigenvalue weighted by atomic mass is 35.5. The van der Waals surface area contributed by atoms with Gasteiger partial charge in [0.05, 0.1) is 19.6 Å². The number of rotatable bonds is 10. The number of esters is 1. The Morgan fingerprint density at radius 1 is 1.25 bits per heavy atom. The van der Waals surface area contributed by atoms with Gasteiger partial charge in [-0.15, -0.1) is 0 Å². The van der Waals surface area contributed by atoms with E-state index in [0.717, 1.165) is 11.1 Å². The van der Waals surface area contributed by atoms with Crippen molar-refractivity contribution in [1.29, 1.82) is 0 Å². The molecule has 0 aliphatic heterocycles. The molecule has 0 saturated carbocycles. The van der Waals surface area contributed by atoms with Gasteiger partial charge < -0.3 is 14.6 Å². The van der Waals surface area contributed by atoms with Gasteiger partial charge in [0.15, 0.2) is 0 Å². The molecule has 4 nitrogen and oxygen atoms in total. The summed E-state index contributed by atoms with van der Waals surface area (Å²) in [7, 11) is 1.29. The maximum absolute atomic E-state index is 13.0. The van der Waals surface area contributed by atoms with Crippen LogP contribution >= 0.6 is 35.0 Å². The first-order chi connectivity index (χ1) is 13.4. The predicted molar refractivity (Wildman–Crippen MR) is 111 cm³/mol. The molecular weight excluding hydrogens is 426 g/mol. The number of hydrogen-bond donors (Lipinski definition) is 1. The van der Waals surface area contributed by atoms with Gasteiger partial charge in [-0.3, -0.25) is 4.79 Å². The summed E-state index contributed by atoms with van der Waals surface area (Å²) in [4.78, 5) is 11.1. The van der Waals surface area contributed by atoms with Crippen molar-refractivity contribution in [3.63, 3.8) is 0 Å². The van der Waals surface area contributed by atoms with Gasteiger partial charge >= 0.3 is 5.97 Å². The van der Waals surface area contributed by atoms with E-state index in [2.05, 4.69) is 4.74 Å². The fraction of sp³-hybridized carbons (Fsp3) is 0.350. The molecule has 2 aromatic carbocycles. The van der Waals surface area contributed by atoms with Crippen LogP contribution in [0.15, 0.2) is 36.4 Å². The van der Waals surface area contributed by atoms with E-state index in [4.69, 9.17) is 27.9 Å². The smallest absolute Gasteiger partial charge is 0.308 e. The molecule has 0 aliphatic rings. The van der Waals surface area contributed by atoms with E-state index in [1.165, 1.54) is 31.0 Å². The molecule has 0 fully saturated rings. The minimum Gasteiger partial charge on any atom is -0.489 e. The molecule has 0 aromatic heterocycles. The first kappa shape index (κ1) is 22.8. The molecule has 0 radical (unpaired) electrons. The summed E-state index contributed by atoms with van der Waals surface area (Å²) in [5, 5.41) is 10.8. The number of ether oxygens (including phenoxy) is 2. The normalized spacial score (nSPS) is 11.9. The second-order valence-electron chi connectivity index (χ2n) is 6.04. The van der Waals surface area contributed by atoms with E-state index in [1.54, 1.807) is 24.3 Å². The number of carbonyl (C=O) groups is 1. The molecule has 2 rings (SSSR count). The number of thioether (sulfide) groups is 1. The Morgan fingerprint density at radius 2 is 1.96 bits per heavy atom. The van der Waals surface area contributed by atoms with Crippen LogP contribution in [0.2, 0.25) is 10.0 Å². The Labute approximate surface area is 177 Å². The van der Waals surface area contributed by atoms with Crippen molar-refractivity contribution in [2.75, 3.05) is 18.6 Å². The van der Waals surface area contributed by atoms with Crippen LogP contribution in [-0.4, -0.2) is 35.8 Å². The standard InChI is InChI=1S/C20H21Cl2FO4S/c1-26-20(25)10-16(24)12-28-7-6-17-18(22)8-14(21)9-19(17)27-11-13-2-4-15(23)5-3-13/h2-5,8-9,16,24H,6-7,10-12H2,1H3. The fourth-order valence-electron chi connectivity index (χ4n) is 2.42. The molecule has 0 heterocycles. The van der Waals surface area contributed by atoms with Crippen molar-refractivity contribution in [1.82, 2.24) is 0 Å². The number of benzene rings is 2. The van der Waals surface area contributed by atoms with E-state index < -0.39 is 12.1 Å². The predicted octanol–water partition coefficient (Wildman–Crippen LogP) is 4.91. The summed E-state index contributed by atoms with van der Waals surface area (Å²) in [6.45, 7) is 0.259. The third-order valence-corrected chi connectivity index (χ3v) is 5.53. The molecule has 8 heteroatoms. The number of halogens is 3. The highest BCUT2D eigenvalue weighted by molar-refractivity contribution is 7.99. The van der Waals surface area contributed by atoms with E-state index in [0.29, 0.717) is 33.7 Å². The molecule has 1 N–H and O–H groups in total. The van der Waals surface area contributed by atoms with Crippen LogP contribution in [0.5, 0.6) is 5.75 Å². The monoisotopic (exact) mass is 446 g/mol. The Hall–Kier alpha value is -1.47. The van der Waals surface area contributed by atoms with Gasteiger partial charge in [0.1, 0.15) is 18.2 Å². The summed E-state index contributed by atoms with van der Waals surface area (Å²) in [6, 6.07) is 9.41. The molecule has 0 aliphatic carbocycles. The van der Waals surface area contributed by atoms with Crippen molar-refractivity contribution in [2.24, 2.45) is 0 Å². The van der Waals surface area contributed by atoms with Crippen molar-refractivity contribution < 1.29 is 23.8 Å². The van der Waals surface area contributed by atoms with Crippen molar-refractivity contribution >= 4 is 40.9 Å². The van der Waals surface area contributed by atoms with Crippen LogP contribution in [0.3, 0.4) is 0 Å². The van der Waals surface area contributed by atoms with Gasteiger partial charge in [0.2, 0.25) is 0 Å². The molecule has 1 atom stereocenters. The lowest BCUT2D eigenvalue weighted by Gasteiger charge is -2.14. The second-order valence-corrected chi connectivity index (χ2v) is 8.03. The quantitative estimate of drug-likeness (QED) is 0.414. The SMILES string of the molecule is COC(=O)CC(O)CSCCc1c(Cl)cc(Cl)cc1OCc1ccc(F)cc1. The van der Waals surface area contributed by atoms with Crippen LogP contribution in [0.25, 0.3) is 0 Å². The van der Waals surface area contributed by atoms with Crippen LogP contribution in [0, 0.1) is 5.82 Å². The summed E-state index contributed by atoms with van der Waals surface area (Å²) in [5.41, 5.74) is 1.63. The van der Waals surface area contributed by atoms with Gasteiger partial charge in [-0.1, -0.05) is 35.3 Å². The summed E-state index contributed by atoms with van der Waals surface area (Å²) in [6.07, 6.45) is -0.186. The summed E-state index contributed by atoms with van der Waals surface area (Å²) < 4.78 is 23.4. The highest BCUT2D eigenvalue weighted by Gasteiger charge is 2.14. The van der Waals surface area contributed by atoms with Crippen LogP contribution in [0.4, 0.5) is 4.39 Å². The minimum absolute atomic E-state index is 0.0305. The van der Waals surface area contributed by atoms with Crippen molar-refractivity contribution in [2.45, 2.75) is 25.6 Å². The van der Waals surface area contributed by atoms with Gasteiger partial charge in [0.25, 0.3) is 0 Å². The lowest BCUT2D eigenvalue weighted by atomic mass is 10.1. The molecule has 2 aromatic rings. The maximum Gasteiger partial charge on any atom is 0.308 e. The Kier molecular flexibility index (Phi) is 9.38. The maximum atomic E-state index is 13.0.